The van der Waals surface area contributed by atoms with Gasteiger partial charge in [0.15, 0.2) is 0 Å². The Hall–Kier alpha value is -3.30. The lowest BCUT2D eigenvalue weighted by atomic mass is 10.1. The molecule has 206 valence electrons. The molecule has 0 aromatic carbocycles. The van der Waals surface area contributed by atoms with Crippen LogP contribution in [0, 0.1) is 0 Å². The average molecular weight is 519 g/mol. The van der Waals surface area contributed by atoms with Crippen LogP contribution in [-0.4, -0.2) is 88.2 Å². The van der Waals surface area contributed by atoms with Crippen LogP contribution in [0.1, 0.15) is 57.8 Å². The number of carbonyl (C=O) groups excluding carboxylic acids is 3. The van der Waals surface area contributed by atoms with Crippen LogP contribution in [0.2, 0.25) is 0 Å². The van der Waals surface area contributed by atoms with Crippen LogP contribution in [0.4, 0.5) is 0 Å². The number of nitrogens with one attached hydrogen (secondary N) is 3. The molecule has 0 aromatic rings. The molecule has 0 unspecified atom stereocenters. The molecular formula is C21H38N6O9. The number of carbonyl (C=O) groups is 6. The molecule has 0 fully saturated rings. The van der Waals surface area contributed by atoms with Gasteiger partial charge in [0.1, 0.15) is 18.1 Å². The van der Waals surface area contributed by atoms with E-state index >= 15 is 0 Å². The molecule has 0 aliphatic carbocycles. The molecule has 0 aliphatic rings. The molecule has 0 rings (SSSR count). The molecule has 0 radical (unpaired) electrons. The quantitative estimate of drug-likeness (QED) is 0.0753. The number of carboxylic acid groups (broad SMARTS) is 3. The third-order valence-electron chi connectivity index (χ3n) is 5.16. The Morgan fingerprint density at radius 1 is 0.611 bits per heavy atom. The van der Waals surface area contributed by atoms with Crippen LogP contribution in [0.25, 0.3) is 0 Å². The van der Waals surface area contributed by atoms with Crippen molar-refractivity contribution in [1.29, 1.82) is 0 Å². The Morgan fingerprint density at radius 2 is 1.11 bits per heavy atom. The maximum Gasteiger partial charge on any atom is 0.326 e. The summed E-state index contributed by atoms with van der Waals surface area (Å²) in [5.74, 6) is -6.88. The molecule has 3 amide bonds. The Morgan fingerprint density at radius 3 is 1.61 bits per heavy atom. The van der Waals surface area contributed by atoms with E-state index in [4.69, 9.17) is 27.4 Å². The molecule has 0 heterocycles. The molecule has 0 saturated heterocycles. The Bertz CT molecular complexity index is 764. The summed E-state index contributed by atoms with van der Waals surface area (Å²) in [6.45, 7) is 0.721. The van der Waals surface area contributed by atoms with Gasteiger partial charge in [-0.15, -0.1) is 0 Å². The highest BCUT2D eigenvalue weighted by Crippen LogP contribution is 2.06. The van der Waals surface area contributed by atoms with E-state index in [1.54, 1.807) is 0 Å². The molecule has 4 atom stereocenters. The van der Waals surface area contributed by atoms with Gasteiger partial charge in [0.2, 0.25) is 17.7 Å². The number of carboxylic acids is 3. The predicted molar refractivity (Wildman–Crippen MR) is 126 cm³/mol. The molecule has 36 heavy (non-hydrogen) atoms. The van der Waals surface area contributed by atoms with Gasteiger partial charge in [-0.2, -0.15) is 0 Å². The zero-order valence-corrected chi connectivity index (χ0v) is 20.1. The first-order chi connectivity index (χ1) is 16.9. The van der Waals surface area contributed by atoms with Crippen LogP contribution in [-0.2, 0) is 28.8 Å². The van der Waals surface area contributed by atoms with Crippen LogP contribution in [0.5, 0.6) is 0 Å². The molecule has 0 saturated carbocycles. The van der Waals surface area contributed by atoms with E-state index in [1.807, 2.05) is 0 Å². The Kier molecular flexibility index (Phi) is 16.4. The molecule has 12 N–H and O–H groups in total. The number of amides is 3. The molecule has 0 aliphatic heterocycles. The smallest absolute Gasteiger partial charge is 0.326 e. The Labute approximate surface area is 208 Å². The maximum atomic E-state index is 12.8. The molecule has 15 nitrogen and oxygen atoms in total. The fourth-order valence-corrected chi connectivity index (χ4v) is 3.13. The number of nitrogens with two attached hydrogens (primary N) is 3. The van der Waals surface area contributed by atoms with E-state index in [9.17, 15) is 33.9 Å². The van der Waals surface area contributed by atoms with E-state index in [1.165, 1.54) is 0 Å². The second-order valence-electron chi connectivity index (χ2n) is 8.23. The third kappa shape index (κ3) is 14.2. The van der Waals surface area contributed by atoms with E-state index in [2.05, 4.69) is 16.0 Å². The van der Waals surface area contributed by atoms with Gasteiger partial charge in [-0.3, -0.25) is 24.0 Å². The van der Waals surface area contributed by atoms with E-state index in [-0.39, 0.29) is 19.3 Å². The lowest BCUT2D eigenvalue weighted by molar-refractivity contribution is -0.143. The van der Waals surface area contributed by atoms with Crippen LogP contribution < -0.4 is 33.2 Å². The van der Waals surface area contributed by atoms with Gasteiger partial charge in [0.05, 0.1) is 12.5 Å². The molecule has 15 heteroatoms. The van der Waals surface area contributed by atoms with Gasteiger partial charge >= 0.3 is 17.9 Å². The summed E-state index contributed by atoms with van der Waals surface area (Å²) >= 11 is 0. The molecule has 0 spiro atoms. The Balaban J connectivity index is 5.48. The minimum Gasteiger partial charge on any atom is -0.481 e. The van der Waals surface area contributed by atoms with E-state index in [0.717, 1.165) is 0 Å². The minimum absolute atomic E-state index is 0.0331. The first-order valence-corrected chi connectivity index (χ1v) is 11.7. The molecule has 0 aromatic heterocycles. The normalized spacial score (nSPS) is 14.1. The van der Waals surface area contributed by atoms with Crippen molar-refractivity contribution in [2.45, 2.75) is 82.0 Å². The van der Waals surface area contributed by atoms with Gasteiger partial charge in [0, 0.05) is 6.42 Å². The summed E-state index contributed by atoms with van der Waals surface area (Å²) in [5.41, 5.74) is 16.6. The summed E-state index contributed by atoms with van der Waals surface area (Å²) in [7, 11) is 0. The number of hydrogen-bond donors (Lipinski definition) is 9. The van der Waals surface area contributed by atoms with Gasteiger partial charge < -0.3 is 48.5 Å². The highest BCUT2D eigenvalue weighted by molar-refractivity contribution is 5.95. The highest BCUT2D eigenvalue weighted by Gasteiger charge is 2.31. The zero-order chi connectivity index (χ0) is 27.7. The number of aliphatic carboxylic acids is 3. The van der Waals surface area contributed by atoms with Crippen molar-refractivity contribution in [3.8, 4) is 0 Å². The second-order valence-corrected chi connectivity index (χ2v) is 8.23. The summed E-state index contributed by atoms with van der Waals surface area (Å²) in [6, 6.07) is -5.46. The zero-order valence-electron chi connectivity index (χ0n) is 20.1. The first-order valence-electron chi connectivity index (χ1n) is 11.7. The van der Waals surface area contributed by atoms with Gasteiger partial charge in [-0.05, 0) is 51.6 Å². The average Bonchev–Trinajstić information content (AvgIpc) is 2.79. The third-order valence-corrected chi connectivity index (χ3v) is 5.16. The largest absolute Gasteiger partial charge is 0.481 e. The second kappa shape index (κ2) is 18.0. The summed E-state index contributed by atoms with van der Waals surface area (Å²) in [6.07, 6.45) is 0.608. The van der Waals surface area contributed by atoms with Gasteiger partial charge in [-0.25, -0.2) is 4.79 Å². The monoisotopic (exact) mass is 518 g/mol. The van der Waals surface area contributed by atoms with E-state index in [0.29, 0.717) is 38.8 Å². The summed E-state index contributed by atoms with van der Waals surface area (Å²) < 4.78 is 0. The van der Waals surface area contributed by atoms with Crippen LogP contribution in [0.15, 0.2) is 0 Å². The molecule has 0 bridgehead atoms. The van der Waals surface area contributed by atoms with Gasteiger partial charge in [-0.1, -0.05) is 6.42 Å². The van der Waals surface area contributed by atoms with Crippen molar-refractivity contribution in [1.82, 2.24) is 16.0 Å². The lowest BCUT2D eigenvalue weighted by Gasteiger charge is -2.24. The first kappa shape index (κ1) is 32.7. The highest BCUT2D eigenvalue weighted by atomic mass is 16.4. The van der Waals surface area contributed by atoms with Gasteiger partial charge in [0.25, 0.3) is 0 Å². The number of unbranched alkanes of at least 4 members (excludes halogenated alkanes) is 2. The molecular weight excluding hydrogens is 480 g/mol. The van der Waals surface area contributed by atoms with Crippen molar-refractivity contribution in [3.63, 3.8) is 0 Å². The van der Waals surface area contributed by atoms with Crippen molar-refractivity contribution < 1.29 is 44.1 Å². The van der Waals surface area contributed by atoms with Crippen molar-refractivity contribution in [3.05, 3.63) is 0 Å². The fraction of sp³-hybridized carbons (Fsp3) is 0.714. The number of hydrogen-bond acceptors (Lipinski definition) is 9. The van der Waals surface area contributed by atoms with Crippen molar-refractivity contribution >= 4 is 35.6 Å². The minimum atomic E-state index is -1.69. The summed E-state index contributed by atoms with van der Waals surface area (Å²) in [5, 5.41) is 34.2. The predicted octanol–water partition coefficient (Wildman–Crippen LogP) is -2.55. The van der Waals surface area contributed by atoms with Crippen molar-refractivity contribution in [2.24, 2.45) is 17.2 Å². The SMILES string of the molecule is NCCCC[C@H](NC(=O)[C@H](CC(=O)O)NC(=O)[C@H](CCC(=O)O)NC(=O)[C@@H](N)CCCCN)C(=O)O. The van der Waals surface area contributed by atoms with Crippen molar-refractivity contribution in [2.75, 3.05) is 13.1 Å². The fourth-order valence-electron chi connectivity index (χ4n) is 3.13. The summed E-state index contributed by atoms with van der Waals surface area (Å²) in [4.78, 5) is 71.6. The van der Waals surface area contributed by atoms with Crippen LogP contribution in [0.3, 0.4) is 0 Å². The van der Waals surface area contributed by atoms with Crippen LogP contribution >= 0.6 is 0 Å². The topological polar surface area (TPSA) is 277 Å². The van der Waals surface area contributed by atoms with E-state index < -0.39 is 72.6 Å². The standard InChI is InChI=1S/C21H38N6O9/c22-9-3-1-5-12(24)18(32)25-13(7-8-16(28)29)19(33)27-15(11-17(30)31)20(34)26-14(21(35)36)6-2-4-10-23/h12-15H,1-11,22-24H2,(H,25,32)(H,26,34)(H,27,33)(H,28,29)(H,30,31)(H,35,36)/t12-,13-,14-,15-/m0/s1. The number of rotatable bonds is 20. The lowest BCUT2D eigenvalue weighted by Crippen LogP contribution is -2.57. The maximum absolute atomic E-state index is 12.8.